The second-order valence-electron chi connectivity index (χ2n) is 2.80. The Morgan fingerprint density at radius 3 is 2.43 bits per heavy atom. The number of hydrogen-bond donors (Lipinski definition) is 3. The Hall–Kier alpha value is -1.59. The molecule has 0 aliphatic heterocycles. The van der Waals surface area contributed by atoms with E-state index in [-0.39, 0.29) is 6.42 Å². The van der Waals surface area contributed by atoms with Crippen LogP contribution in [0, 0.1) is 0 Å². The molecule has 80 valence electrons. The summed E-state index contributed by atoms with van der Waals surface area (Å²) in [5.74, 6) is -0.882. The smallest absolute Gasteiger partial charge is 0.332 e. The van der Waals surface area contributed by atoms with E-state index in [0.29, 0.717) is 18.6 Å². The Labute approximate surface area is 82.2 Å². The van der Waals surface area contributed by atoms with Gasteiger partial charge in [0.25, 0.3) is 0 Å². The van der Waals surface area contributed by atoms with Gasteiger partial charge in [0.2, 0.25) is 0 Å². The van der Waals surface area contributed by atoms with Crippen molar-refractivity contribution < 1.29 is 14.7 Å². The zero-order chi connectivity index (χ0) is 11.0. The lowest BCUT2D eigenvalue weighted by atomic mass is 10.1. The van der Waals surface area contributed by atoms with Crippen molar-refractivity contribution in [3.63, 3.8) is 0 Å². The quantitative estimate of drug-likeness (QED) is 0.434. The van der Waals surface area contributed by atoms with Crippen molar-refractivity contribution in [2.75, 3.05) is 0 Å². The van der Waals surface area contributed by atoms with Gasteiger partial charge in [0, 0.05) is 5.71 Å². The van der Waals surface area contributed by atoms with Crippen LogP contribution in [0.5, 0.6) is 0 Å². The lowest BCUT2D eigenvalue weighted by molar-refractivity contribution is -0.136. The van der Waals surface area contributed by atoms with Crippen LogP contribution in [0.15, 0.2) is 5.10 Å². The molecule has 0 fully saturated rings. The van der Waals surface area contributed by atoms with Gasteiger partial charge >= 0.3 is 12.0 Å². The first-order chi connectivity index (χ1) is 6.56. The molecule has 6 heteroatoms. The van der Waals surface area contributed by atoms with Crippen molar-refractivity contribution in [2.24, 2.45) is 10.8 Å². The molecular weight excluding hydrogens is 186 g/mol. The number of carboxylic acid groups (broad SMARTS) is 1. The first-order valence-corrected chi connectivity index (χ1v) is 4.39. The molecule has 2 amide bonds. The minimum atomic E-state index is -0.882. The number of hydrogen-bond acceptors (Lipinski definition) is 3. The van der Waals surface area contributed by atoms with Crippen molar-refractivity contribution >= 4 is 17.7 Å². The maximum absolute atomic E-state index is 10.3. The average Bonchev–Trinajstić information content (AvgIpc) is 2.09. The summed E-state index contributed by atoms with van der Waals surface area (Å²) in [6.45, 7) is 1.94. The molecule has 6 nitrogen and oxygen atoms in total. The summed E-state index contributed by atoms with van der Waals surface area (Å²) >= 11 is 0. The van der Waals surface area contributed by atoms with Crippen LogP contribution in [-0.2, 0) is 4.79 Å². The number of urea groups is 1. The number of aliphatic carboxylic acids is 1. The minimum Gasteiger partial charge on any atom is -0.481 e. The second-order valence-corrected chi connectivity index (χ2v) is 2.80. The van der Waals surface area contributed by atoms with Crippen molar-refractivity contribution in [3.8, 4) is 0 Å². The number of nitrogens with two attached hydrogens (primary N) is 1. The number of rotatable bonds is 6. The Bertz CT molecular complexity index is 238. The third-order valence-corrected chi connectivity index (χ3v) is 1.49. The largest absolute Gasteiger partial charge is 0.481 e. The Balaban J connectivity index is 4.05. The van der Waals surface area contributed by atoms with Crippen LogP contribution >= 0.6 is 0 Å². The summed E-state index contributed by atoms with van der Waals surface area (Å²) in [4.78, 5) is 20.6. The predicted octanol–water partition coefficient (Wildman–Crippen LogP) is 0.676. The number of carboxylic acids is 1. The molecule has 0 radical (unpaired) electrons. The highest BCUT2D eigenvalue weighted by Crippen LogP contribution is 2.00. The lowest BCUT2D eigenvalue weighted by Crippen LogP contribution is -2.26. The third kappa shape index (κ3) is 7.08. The minimum absolute atomic E-state index is 0.0132. The molecule has 0 aromatic carbocycles. The summed E-state index contributed by atoms with van der Waals surface area (Å²) in [5, 5.41) is 12.2. The summed E-state index contributed by atoms with van der Waals surface area (Å²) in [7, 11) is 0. The molecule has 0 atom stereocenters. The second kappa shape index (κ2) is 6.88. The van der Waals surface area contributed by atoms with Crippen LogP contribution in [-0.4, -0.2) is 22.8 Å². The fourth-order valence-electron chi connectivity index (χ4n) is 0.911. The maximum Gasteiger partial charge on any atom is 0.332 e. The standard InChI is InChI=1S/C8H15N3O3/c1-2-3-6(4-5-7(12)13)10-11-8(9)14/h2-5H2,1H3,(H,12,13)(H3,9,11,14)/b10-6-. The highest BCUT2D eigenvalue weighted by molar-refractivity contribution is 5.88. The number of primary amides is 1. The predicted molar refractivity (Wildman–Crippen MR) is 51.9 cm³/mol. The Kier molecular flexibility index (Phi) is 6.09. The summed E-state index contributed by atoms with van der Waals surface area (Å²) in [6, 6.07) is -0.742. The zero-order valence-electron chi connectivity index (χ0n) is 8.12. The highest BCUT2D eigenvalue weighted by Gasteiger charge is 2.03. The van der Waals surface area contributed by atoms with E-state index in [1.165, 1.54) is 0 Å². The summed E-state index contributed by atoms with van der Waals surface area (Å²) < 4.78 is 0. The highest BCUT2D eigenvalue weighted by atomic mass is 16.4. The number of carbonyl (C=O) groups excluding carboxylic acids is 1. The van der Waals surface area contributed by atoms with Crippen LogP contribution in [0.4, 0.5) is 4.79 Å². The molecule has 0 aromatic heterocycles. The summed E-state index contributed by atoms with van der Waals surface area (Å²) in [5.41, 5.74) is 7.55. The normalized spacial score (nSPS) is 11.1. The van der Waals surface area contributed by atoms with Gasteiger partial charge in [0.1, 0.15) is 0 Å². The molecule has 0 bridgehead atoms. The van der Waals surface area contributed by atoms with E-state index in [4.69, 9.17) is 10.8 Å². The van der Waals surface area contributed by atoms with Crippen LogP contribution in [0.25, 0.3) is 0 Å². The number of hydrazone groups is 1. The zero-order valence-corrected chi connectivity index (χ0v) is 8.12. The van der Waals surface area contributed by atoms with Crippen molar-refractivity contribution in [1.82, 2.24) is 5.43 Å². The molecular formula is C8H15N3O3. The van der Waals surface area contributed by atoms with Gasteiger partial charge < -0.3 is 10.8 Å². The molecule has 0 rings (SSSR count). The number of nitrogens with one attached hydrogen (secondary N) is 1. The van der Waals surface area contributed by atoms with Gasteiger partial charge in [-0.3, -0.25) is 4.79 Å². The van der Waals surface area contributed by atoms with Gasteiger partial charge in [0.15, 0.2) is 0 Å². The van der Waals surface area contributed by atoms with Crippen molar-refractivity contribution in [2.45, 2.75) is 32.6 Å². The van der Waals surface area contributed by atoms with Crippen LogP contribution < -0.4 is 11.2 Å². The van der Waals surface area contributed by atoms with E-state index >= 15 is 0 Å². The molecule has 14 heavy (non-hydrogen) atoms. The number of carbonyl (C=O) groups is 2. The van der Waals surface area contributed by atoms with Crippen LogP contribution in [0.3, 0.4) is 0 Å². The lowest BCUT2D eigenvalue weighted by Gasteiger charge is -2.02. The molecule has 0 aromatic rings. The molecule has 0 heterocycles. The molecule has 0 saturated heterocycles. The fourth-order valence-corrected chi connectivity index (χ4v) is 0.911. The Morgan fingerprint density at radius 1 is 1.36 bits per heavy atom. The Morgan fingerprint density at radius 2 is 2.00 bits per heavy atom. The number of nitrogens with zero attached hydrogens (tertiary/aromatic N) is 1. The van der Waals surface area contributed by atoms with Gasteiger partial charge in [-0.1, -0.05) is 13.3 Å². The van der Waals surface area contributed by atoms with Gasteiger partial charge in [-0.25, -0.2) is 10.2 Å². The van der Waals surface area contributed by atoms with E-state index in [2.05, 4.69) is 10.5 Å². The molecule has 0 spiro atoms. The van der Waals surface area contributed by atoms with E-state index in [1.807, 2.05) is 6.92 Å². The van der Waals surface area contributed by atoms with E-state index in [1.54, 1.807) is 0 Å². The molecule has 0 unspecified atom stereocenters. The van der Waals surface area contributed by atoms with Gasteiger partial charge in [-0.05, 0) is 12.8 Å². The third-order valence-electron chi connectivity index (χ3n) is 1.49. The molecule has 4 N–H and O–H groups in total. The van der Waals surface area contributed by atoms with E-state index in [9.17, 15) is 9.59 Å². The van der Waals surface area contributed by atoms with Crippen LogP contribution in [0.1, 0.15) is 32.6 Å². The SMILES string of the molecule is CCC/C(CCC(=O)O)=N/NC(N)=O. The van der Waals surface area contributed by atoms with Gasteiger partial charge in [0.05, 0.1) is 6.42 Å². The fraction of sp³-hybridized carbons (Fsp3) is 0.625. The molecule has 0 aliphatic rings. The first-order valence-electron chi connectivity index (χ1n) is 4.39. The van der Waals surface area contributed by atoms with E-state index in [0.717, 1.165) is 6.42 Å². The molecule has 0 saturated carbocycles. The van der Waals surface area contributed by atoms with Crippen molar-refractivity contribution in [1.29, 1.82) is 0 Å². The monoisotopic (exact) mass is 201 g/mol. The first kappa shape index (κ1) is 12.4. The van der Waals surface area contributed by atoms with Gasteiger partial charge in [-0.15, -0.1) is 0 Å². The topological polar surface area (TPSA) is 105 Å². The van der Waals surface area contributed by atoms with E-state index < -0.39 is 12.0 Å². The summed E-state index contributed by atoms with van der Waals surface area (Å²) in [6.07, 6.45) is 1.86. The number of amides is 2. The van der Waals surface area contributed by atoms with Crippen molar-refractivity contribution in [3.05, 3.63) is 0 Å². The maximum atomic E-state index is 10.3. The average molecular weight is 201 g/mol. The van der Waals surface area contributed by atoms with Crippen LogP contribution in [0.2, 0.25) is 0 Å². The van der Waals surface area contributed by atoms with Gasteiger partial charge in [-0.2, -0.15) is 5.10 Å². The molecule has 0 aliphatic carbocycles.